The van der Waals surface area contributed by atoms with Gasteiger partial charge in [-0.05, 0) is 19.1 Å². The van der Waals surface area contributed by atoms with Gasteiger partial charge in [0.2, 0.25) is 0 Å². The number of benzene rings is 1. The van der Waals surface area contributed by atoms with Crippen molar-refractivity contribution >= 4 is 39.5 Å². The fourth-order valence-electron chi connectivity index (χ4n) is 2.24. The van der Waals surface area contributed by atoms with Crippen molar-refractivity contribution in [1.82, 2.24) is 9.38 Å². The number of fused-ring (bicyclic) bond motifs is 1. The molecule has 2 aromatic heterocycles. The highest BCUT2D eigenvalue weighted by Gasteiger charge is 2.28. The third-order valence-corrected chi connectivity index (χ3v) is 4.63. The zero-order valence-electron chi connectivity index (χ0n) is 11.0. The van der Waals surface area contributed by atoms with Crippen molar-refractivity contribution in [2.45, 2.75) is 18.9 Å². The molecule has 2 heterocycles. The molecule has 3 nitrogen and oxygen atoms in total. The van der Waals surface area contributed by atoms with Crippen LogP contribution in [-0.4, -0.2) is 14.5 Å². The molecule has 0 saturated heterocycles. The third kappa shape index (κ3) is 2.79. The molecule has 1 N–H and O–H groups in total. The van der Waals surface area contributed by atoms with E-state index in [1.54, 1.807) is 6.92 Å². The Labute approximate surface area is 134 Å². The average Bonchev–Trinajstić information content (AvgIpc) is 2.93. The minimum atomic E-state index is -1.34. The van der Waals surface area contributed by atoms with E-state index in [9.17, 15) is 9.50 Å². The monoisotopic (exact) mass is 344 g/mol. The van der Waals surface area contributed by atoms with Gasteiger partial charge in [0.15, 0.2) is 4.96 Å². The number of rotatable bonds is 3. The summed E-state index contributed by atoms with van der Waals surface area (Å²) in [4.78, 5) is 5.25. The lowest BCUT2D eigenvalue weighted by Crippen LogP contribution is -2.25. The zero-order valence-corrected chi connectivity index (χ0v) is 13.3. The molecule has 0 amide bonds. The molecule has 7 heteroatoms. The van der Waals surface area contributed by atoms with Crippen LogP contribution in [0.2, 0.25) is 10.0 Å². The smallest absolute Gasteiger partial charge is 0.193 e. The first kappa shape index (κ1) is 14.8. The molecule has 0 aliphatic carbocycles. The number of halogens is 3. The average molecular weight is 345 g/mol. The van der Waals surface area contributed by atoms with Crippen LogP contribution in [0.5, 0.6) is 0 Å². The van der Waals surface area contributed by atoms with Gasteiger partial charge in [-0.25, -0.2) is 9.37 Å². The maximum absolute atomic E-state index is 13.6. The number of aromatic nitrogens is 2. The van der Waals surface area contributed by atoms with Gasteiger partial charge >= 0.3 is 0 Å². The highest BCUT2D eigenvalue weighted by atomic mass is 35.5. The highest BCUT2D eigenvalue weighted by molar-refractivity contribution is 7.15. The number of aliphatic hydroxyl groups is 1. The first-order valence-corrected chi connectivity index (χ1v) is 7.79. The summed E-state index contributed by atoms with van der Waals surface area (Å²) >= 11 is 13.3. The molecule has 0 aliphatic rings. The molecule has 0 radical (unpaired) electrons. The quantitative estimate of drug-likeness (QED) is 0.719. The maximum atomic E-state index is 13.6. The van der Waals surface area contributed by atoms with Crippen molar-refractivity contribution in [2.24, 2.45) is 0 Å². The van der Waals surface area contributed by atoms with E-state index in [0.717, 1.165) is 4.96 Å². The second kappa shape index (κ2) is 5.25. The largest absolute Gasteiger partial charge is 0.385 e. The summed E-state index contributed by atoms with van der Waals surface area (Å²) in [5, 5.41) is 12.7. The Hall–Kier alpha value is -1.14. The molecular formula is C14H11Cl2FN2OS. The lowest BCUT2D eigenvalue weighted by Gasteiger charge is -2.24. The molecule has 1 aromatic carbocycles. The minimum absolute atomic E-state index is 0.0675. The summed E-state index contributed by atoms with van der Waals surface area (Å²) in [5.74, 6) is -0.609. The van der Waals surface area contributed by atoms with Crippen molar-refractivity contribution in [2.75, 3.05) is 0 Å². The molecule has 1 atom stereocenters. The predicted octanol–water partition coefficient (Wildman–Crippen LogP) is 4.29. The Bertz CT molecular complexity index is 784. The normalized spacial score (nSPS) is 14.5. The predicted molar refractivity (Wildman–Crippen MR) is 82.8 cm³/mol. The molecule has 21 heavy (non-hydrogen) atoms. The van der Waals surface area contributed by atoms with Crippen LogP contribution in [-0.2, 0) is 12.0 Å². The molecule has 0 bridgehead atoms. The number of hydrogen-bond acceptors (Lipinski definition) is 3. The van der Waals surface area contributed by atoms with Gasteiger partial charge in [0.1, 0.15) is 5.82 Å². The Morgan fingerprint density at radius 2 is 2.14 bits per heavy atom. The van der Waals surface area contributed by atoms with E-state index < -0.39 is 11.4 Å². The Morgan fingerprint density at radius 1 is 1.38 bits per heavy atom. The van der Waals surface area contributed by atoms with Crippen LogP contribution in [0.3, 0.4) is 0 Å². The second-order valence-corrected chi connectivity index (χ2v) is 6.71. The van der Waals surface area contributed by atoms with Crippen molar-refractivity contribution in [3.63, 3.8) is 0 Å². The number of imidazole rings is 1. The molecular weight excluding hydrogens is 334 g/mol. The number of thiazole rings is 1. The fourth-order valence-corrected chi connectivity index (χ4v) is 3.55. The van der Waals surface area contributed by atoms with Crippen LogP contribution in [0.1, 0.15) is 18.2 Å². The maximum Gasteiger partial charge on any atom is 0.193 e. The molecule has 0 spiro atoms. The van der Waals surface area contributed by atoms with Crippen LogP contribution in [0, 0.1) is 5.82 Å². The van der Waals surface area contributed by atoms with Crippen molar-refractivity contribution < 1.29 is 9.50 Å². The summed E-state index contributed by atoms with van der Waals surface area (Å²) in [7, 11) is 0. The first-order valence-electron chi connectivity index (χ1n) is 6.15. The molecule has 0 fully saturated rings. The van der Waals surface area contributed by atoms with Crippen LogP contribution < -0.4 is 0 Å². The minimum Gasteiger partial charge on any atom is -0.385 e. The van der Waals surface area contributed by atoms with Gasteiger partial charge in [-0.2, -0.15) is 0 Å². The van der Waals surface area contributed by atoms with Gasteiger partial charge in [0.05, 0.1) is 16.3 Å². The SMILES string of the molecule is CC(O)(Cc1cn2ccsc2n1)c1cc(F)c(Cl)cc1Cl. The van der Waals surface area contributed by atoms with Crippen LogP contribution >= 0.6 is 34.5 Å². The van der Waals surface area contributed by atoms with E-state index in [4.69, 9.17) is 23.2 Å². The molecule has 3 aromatic rings. The number of nitrogens with zero attached hydrogens (tertiary/aromatic N) is 2. The molecule has 3 rings (SSSR count). The Balaban J connectivity index is 1.96. The fraction of sp³-hybridized carbons (Fsp3) is 0.214. The topological polar surface area (TPSA) is 37.5 Å². The van der Waals surface area contributed by atoms with E-state index in [0.29, 0.717) is 11.3 Å². The summed E-state index contributed by atoms with van der Waals surface area (Å²) in [6.45, 7) is 1.58. The number of hydrogen-bond donors (Lipinski definition) is 1. The van der Waals surface area contributed by atoms with E-state index >= 15 is 0 Å². The summed E-state index contributed by atoms with van der Waals surface area (Å²) in [6, 6.07) is 2.47. The Morgan fingerprint density at radius 3 is 2.86 bits per heavy atom. The summed E-state index contributed by atoms with van der Waals surface area (Å²) < 4.78 is 15.5. The second-order valence-electron chi connectivity index (χ2n) is 5.02. The van der Waals surface area contributed by atoms with E-state index in [1.165, 1.54) is 23.5 Å². The van der Waals surface area contributed by atoms with Crippen molar-refractivity contribution in [1.29, 1.82) is 0 Å². The van der Waals surface area contributed by atoms with E-state index in [2.05, 4.69) is 4.98 Å². The molecule has 110 valence electrons. The van der Waals surface area contributed by atoms with Crippen molar-refractivity contribution in [3.05, 3.63) is 57.0 Å². The summed E-state index contributed by atoms with van der Waals surface area (Å²) in [5.41, 5.74) is -0.340. The van der Waals surface area contributed by atoms with Gasteiger partial charge in [-0.15, -0.1) is 11.3 Å². The Kier molecular flexibility index (Phi) is 3.69. The van der Waals surface area contributed by atoms with Crippen LogP contribution in [0.15, 0.2) is 29.9 Å². The lowest BCUT2D eigenvalue weighted by molar-refractivity contribution is 0.0565. The summed E-state index contributed by atoms with van der Waals surface area (Å²) in [6.07, 6.45) is 3.95. The van der Waals surface area contributed by atoms with Gasteiger partial charge in [0.25, 0.3) is 0 Å². The highest BCUT2D eigenvalue weighted by Crippen LogP contribution is 2.34. The van der Waals surface area contributed by atoms with Gasteiger partial charge in [0, 0.05) is 34.8 Å². The zero-order chi connectivity index (χ0) is 15.2. The molecule has 0 aliphatic heterocycles. The van der Waals surface area contributed by atoms with Crippen LogP contribution in [0.25, 0.3) is 4.96 Å². The third-order valence-electron chi connectivity index (χ3n) is 3.26. The van der Waals surface area contributed by atoms with E-state index in [-0.39, 0.29) is 16.5 Å². The van der Waals surface area contributed by atoms with Gasteiger partial charge < -0.3 is 5.11 Å². The lowest BCUT2D eigenvalue weighted by atomic mass is 9.91. The standard InChI is InChI=1S/C14H11Cl2FN2OS/c1-14(20,9-4-12(17)11(16)5-10(9)15)6-8-7-19-2-3-21-13(19)18-8/h2-5,7,20H,6H2,1H3. The van der Waals surface area contributed by atoms with Crippen molar-refractivity contribution in [3.8, 4) is 0 Å². The van der Waals surface area contributed by atoms with Gasteiger partial charge in [-0.1, -0.05) is 23.2 Å². The molecule has 1 unspecified atom stereocenters. The van der Waals surface area contributed by atoms with E-state index in [1.807, 2.05) is 22.2 Å². The molecule has 0 saturated carbocycles. The van der Waals surface area contributed by atoms with Crippen LogP contribution in [0.4, 0.5) is 4.39 Å². The first-order chi connectivity index (χ1) is 9.87. The van der Waals surface area contributed by atoms with Gasteiger partial charge in [-0.3, -0.25) is 4.40 Å².